The van der Waals surface area contributed by atoms with Crippen molar-refractivity contribution in [1.82, 2.24) is 0 Å². The summed E-state index contributed by atoms with van der Waals surface area (Å²) in [6, 6.07) is 0. The fourth-order valence-electron chi connectivity index (χ4n) is 4.66. The van der Waals surface area contributed by atoms with E-state index >= 15 is 0 Å². The van der Waals surface area contributed by atoms with Crippen molar-refractivity contribution in [1.29, 1.82) is 0 Å². The molecule has 2 heteroatoms. The molecule has 2 nitrogen and oxygen atoms in total. The van der Waals surface area contributed by atoms with Gasteiger partial charge < -0.3 is 0 Å². The predicted molar refractivity (Wildman–Crippen MR) is 72.2 cm³/mol. The van der Waals surface area contributed by atoms with Gasteiger partial charge in [-0.25, -0.2) is 9.78 Å². The molecule has 0 spiro atoms. The maximum atomic E-state index is 6.04. The third-order valence-corrected chi connectivity index (χ3v) is 5.60. The molecule has 1 aliphatic heterocycles. The van der Waals surface area contributed by atoms with Crippen molar-refractivity contribution in [3.05, 3.63) is 0 Å². The quantitative estimate of drug-likeness (QED) is 0.667. The average Bonchev–Trinajstić information content (AvgIpc) is 2.50. The molecule has 1 saturated heterocycles. The second kappa shape index (κ2) is 5.92. The van der Waals surface area contributed by atoms with E-state index in [0.717, 1.165) is 18.4 Å². The fraction of sp³-hybridized carbons (Fsp3) is 1.00. The lowest BCUT2D eigenvalue weighted by Gasteiger charge is -2.49. The van der Waals surface area contributed by atoms with E-state index < -0.39 is 0 Å². The predicted octanol–water partition coefficient (Wildman–Crippen LogP) is 4.63. The fourth-order valence-corrected chi connectivity index (χ4v) is 4.66. The van der Waals surface area contributed by atoms with E-state index in [1.807, 2.05) is 0 Å². The Balaban J connectivity index is 1.77. The van der Waals surface area contributed by atoms with Crippen molar-refractivity contribution in [3.8, 4) is 0 Å². The van der Waals surface area contributed by atoms with Gasteiger partial charge >= 0.3 is 0 Å². The van der Waals surface area contributed by atoms with Gasteiger partial charge in [-0.1, -0.05) is 38.5 Å². The zero-order valence-electron chi connectivity index (χ0n) is 11.7. The van der Waals surface area contributed by atoms with Crippen LogP contribution in [0.3, 0.4) is 0 Å². The number of hydrogen-bond donors (Lipinski definition) is 0. The molecular weight excluding hydrogens is 224 g/mol. The molecule has 3 fully saturated rings. The average molecular weight is 252 g/mol. The molecule has 0 bridgehead atoms. The molecule has 0 unspecified atom stereocenters. The summed E-state index contributed by atoms with van der Waals surface area (Å²) in [5.74, 6) is 1.55. The van der Waals surface area contributed by atoms with Crippen LogP contribution in [0.25, 0.3) is 0 Å². The third kappa shape index (κ3) is 2.46. The SMILES string of the molecule is C1CCC(C2(C3CCCCC3)CCCOO2)CC1. The first kappa shape index (κ1) is 12.9. The van der Waals surface area contributed by atoms with E-state index in [9.17, 15) is 0 Å². The van der Waals surface area contributed by atoms with Crippen LogP contribution in [0.15, 0.2) is 0 Å². The Hall–Kier alpha value is -0.0800. The van der Waals surface area contributed by atoms with E-state index in [2.05, 4.69) is 0 Å². The lowest BCUT2D eigenvalue weighted by atomic mass is 9.64. The minimum absolute atomic E-state index is 0.0963. The molecule has 0 aromatic rings. The van der Waals surface area contributed by atoms with Crippen LogP contribution in [0, 0.1) is 11.8 Å². The zero-order chi connectivity index (χ0) is 12.3. The van der Waals surface area contributed by atoms with Gasteiger partial charge in [-0.2, -0.15) is 0 Å². The van der Waals surface area contributed by atoms with Crippen molar-refractivity contribution in [2.45, 2.75) is 82.7 Å². The molecule has 0 amide bonds. The van der Waals surface area contributed by atoms with Crippen LogP contribution < -0.4 is 0 Å². The smallest absolute Gasteiger partial charge is 0.109 e. The van der Waals surface area contributed by atoms with Crippen LogP contribution in [-0.4, -0.2) is 12.2 Å². The Bertz CT molecular complexity index is 226. The molecule has 1 heterocycles. The van der Waals surface area contributed by atoms with Crippen LogP contribution in [0.1, 0.15) is 77.0 Å². The zero-order valence-corrected chi connectivity index (χ0v) is 11.7. The van der Waals surface area contributed by atoms with Gasteiger partial charge in [0.25, 0.3) is 0 Å². The molecule has 0 aromatic heterocycles. The van der Waals surface area contributed by atoms with E-state index in [0.29, 0.717) is 0 Å². The molecule has 0 N–H and O–H groups in total. The van der Waals surface area contributed by atoms with Gasteiger partial charge in [-0.3, -0.25) is 0 Å². The maximum Gasteiger partial charge on any atom is 0.109 e. The summed E-state index contributed by atoms with van der Waals surface area (Å²) < 4.78 is 0. The first-order valence-corrected chi connectivity index (χ1v) is 8.22. The van der Waals surface area contributed by atoms with Crippen molar-refractivity contribution in [3.63, 3.8) is 0 Å². The Kier molecular flexibility index (Phi) is 4.25. The minimum atomic E-state index is 0.0963. The van der Waals surface area contributed by atoms with Crippen LogP contribution in [0.5, 0.6) is 0 Å². The van der Waals surface area contributed by atoms with Crippen molar-refractivity contribution < 1.29 is 9.78 Å². The molecule has 3 aliphatic rings. The summed E-state index contributed by atoms with van der Waals surface area (Å²) in [6.07, 6.45) is 16.4. The van der Waals surface area contributed by atoms with Crippen molar-refractivity contribution in [2.75, 3.05) is 6.61 Å². The molecule has 0 radical (unpaired) electrons. The number of rotatable bonds is 2. The summed E-state index contributed by atoms with van der Waals surface area (Å²) in [7, 11) is 0. The maximum absolute atomic E-state index is 6.04. The summed E-state index contributed by atoms with van der Waals surface area (Å²) in [6.45, 7) is 0.807. The van der Waals surface area contributed by atoms with Gasteiger partial charge in [0.2, 0.25) is 0 Å². The van der Waals surface area contributed by atoms with Crippen LogP contribution in [-0.2, 0) is 9.78 Å². The van der Waals surface area contributed by atoms with E-state index in [1.165, 1.54) is 77.0 Å². The Labute approximate surface area is 111 Å². The molecule has 2 aliphatic carbocycles. The Morgan fingerprint density at radius 2 is 1.22 bits per heavy atom. The van der Waals surface area contributed by atoms with Gasteiger partial charge in [0, 0.05) is 0 Å². The molecule has 2 saturated carbocycles. The molecule has 18 heavy (non-hydrogen) atoms. The second-order valence-electron chi connectivity index (χ2n) is 6.63. The second-order valence-corrected chi connectivity index (χ2v) is 6.63. The lowest BCUT2D eigenvalue weighted by molar-refractivity contribution is -0.411. The summed E-state index contributed by atoms with van der Waals surface area (Å²) >= 11 is 0. The van der Waals surface area contributed by atoms with E-state index in [1.54, 1.807) is 0 Å². The molecule has 0 atom stereocenters. The molecule has 3 rings (SSSR count). The highest BCUT2D eigenvalue weighted by Crippen LogP contribution is 2.48. The van der Waals surface area contributed by atoms with Gasteiger partial charge in [0.05, 0.1) is 6.61 Å². The van der Waals surface area contributed by atoms with Crippen molar-refractivity contribution in [2.24, 2.45) is 11.8 Å². The standard InChI is InChI=1S/C16H28O2/c1-3-8-14(9-4-1)16(12-7-13-17-18-16)15-10-5-2-6-11-15/h14-15H,1-13H2. The molecular formula is C16H28O2. The van der Waals surface area contributed by atoms with Gasteiger partial charge in [-0.05, 0) is 50.4 Å². The van der Waals surface area contributed by atoms with Crippen molar-refractivity contribution >= 4 is 0 Å². The summed E-state index contributed by atoms with van der Waals surface area (Å²) in [5, 5.41) is 0. The first-order chi connectivity index (χ1) is 8.92. The van der Waals surface area contributed by atoms with E-state index in [-0.39, 0.29) is 5.60 Å². The monoisotopic (exact) mass is 252 g/mol. The lowest BCUT2D eigenvalue weighted by Crippen LogP contribution is -2.51. The van der Waals surface area contributed by atoms with Gasteiger partial charge in [0.1, 0.15) is 5.60 Å². The largest absolute Gasteiger partial charge is 0.236 e. The van der Waals surface area contributed by atoms with Crippen LogP contribution in [0.4, 0.5) is 0 Å². The molecule has 0 aromatic carbocycles. The van der Waals surface area contributed by atoms with Crippen LogP contribution in [0.2, 0.25) is 0 Å². The van der Waals surface area contributed by atoms with Gasteiger partial charge in [0.15, 0.2) is 0 Å². The summed E-state index contributed by atoms with van der Waals surface area (Å²) in [4.78, 5) is 11.5. The third-order valence-electron chi connectivity index (χ3n) is 5.60. The highest BCUT2D eigenvalue weighted by atomic mass is 17.2. The topological polar surface area (TPSA) is 18.5 Å². The first-order valence-electron chi connectivity index (χ1n) is 8.22. The Morgan fingerprint density at radius 3 is 1.67 bits per heavy atom. The normalized spacial score (nSPS) is 31.3. The highest BCUT2D eigenvalue weighted by Gasteiger charge is 2.48. The van der Waals surface area contributed by atoms with Gasteiger partial charge in [-0.15, -0.1) is 0 Å². The highest BCUT2D eigenvalue weighted by molar-refractivity contribution is 4.96. The molecule has 104 valence electrons. The van der Waals surface area contributed by atoms with Crippen LogP contribution >= 0.6 is 0 Å². The Morgan fingerprint density at radius 1 is 0.667 bits per heavy atom. The number of hydrogen-bond acceptors (Lipinski definition) is 2. The minimum Gasteiger partial charge on any atom is -0.236 e. The van der Waals surface area contributed by atoms with E-state index in [4.69, 9.17) is 9.78 Å². The summed E-state index contributed by atoms with van der Waals surface area (Å²) in [5.41, 5.74) is 0.0963.